The summed E-state index contributed by atoms with van der Waals surface area (Å²) >= 11 is 0. The zero-order valence-electron chi connectivity index (χ0n) is 17.2. The van der Waals surface area contributed by atoms with Crippen molar-refractivity contribution in [2.24, 2.45) is 11.8 Å². The normalized spacial score (nSPS) is 14.1. The molecule has 0 radical (unpaired) electrons. The van der Waals surface area contributed by atoms with Crippen molar-refractivity contribution in [1.82, 2.24) is 5.32 Å². The summed E-state index contributed by atoms with van der Waals surface area (Å²) in [4.78, 5) is 24.6. The van der Waals surface area contributed by atoms with E-state index in [1.165, 1.54) is 0 Å². The van der Waals surface area contributed by atoms with Crippen LogP contribution in [0.1, 0.15) is 37.0 Å². The largest absolute Gasteiger partial charge is 0.497 e. The number of hydrogen-bond donors (Lipinski definition) is 1. The van der Waals surface area contributed by atoms with Crippen molar-refractivity contribution in [3.05, 3.63) is 60.2 Å². The molecule has 156 valence electrons. The number of carbonyl (C=O) groups is 2. The highest BCUT2D eigenvalue weighted by molar-refractivity contribution is 7.85. The van der Waals surface area contributed by atoms with E-state index in [1.54, 1.807) is 31.4 Å². The Morgan fingerprint density at radius 1 is 1.14 bits per heavy atom. The minimum Gasteiger partial charge on any atom is -0.497 e. The molecule has 29 heavy (non-hydrogen) atoms. The first-order valence-electron chi connectivity index (χ1n) is 9.76. The molecule has 0 heterocycles. The summed E-state index contributed by atoms with van der Waals surface area (Å²) in [7, 11) is 0.297. The Balaban J connectivity index is 2.19. The van der Waals surface area contributed by atoms with E-state index >= 15 is 0 Å². The average Bonchev–Trinajstić information content (AvgIpc) is 2.73. The van der Waals surface area contributed by atoms with Gasteiger partial charge in [-0.2, -0.15) is 0 Å². The van der Waals surface area contributed by atoms with Gasteiger partial charge in [0.2, 0.25) is 0 Å². The number of carbonyl (C=O) groups excluding carboxylic acids is 2. The van der Waals surface area contributed by atoms with E-state index in [9.17, 15) is 13.8 Å². The smallest absolute Gasteiger partial charge is 0.251 e. The molecule has 1 unspecified atom stereocenters. The maximum atomic E-state index is 12.9. The first-order chi connectivity index (χ1) is 13.9. The molecule has 0 aliphatic heterocycles. The predicted octanol–water partition coefficient (Wildman–Crippen LogP) is 3.85. The van der Waals surface area contributed by atoms with Crippen LogP contribution in [0.25, 0.3) is 0 Å². The van der Waals surface area contributed by atoms with Crippen LogP contribution in [-0.4, -0.2) is 35.3 Å². The monoisotopic (exact) mass is 415 g/mol. The molecule has 2 rings (SSSR count). The fraction of sp³-hybridized carbons (Fsp3) is 0.391. The number of ether oxygens (including phenoxy) is 1. The standard InChI is InChI=1S/C23H29NO4S/c1-17(2)18(12-13-25)14-20(16-29(27)22-10-5-4-6-11-22)24-23(26)19-8-7-9-21(15-19)28-3/h4-11,13,15,17-18,20H,12,14,16H2,1-3H3,(H,24,26)/t18-,20+,29?/m0/s1. The molecule has 2 aromatic carbocycles. The number of rotatable bonds is 11. The Bertz CT molecular complexity index is 823. The van der Waals surface area contributed by atoms with Gasteiger partial charge < -0.3 is 14.8 Å². The number of aldehydes is 1. The van der Waals surface area contributed by atoms with Gasteiger partial charge in [0, 0.05) is 28.7 Å². The van der Waals surface area contributed by atoms with E-state index < -0.39 is 10.8 Å². The maximum absolute atomic E-state index is 12.9. The number of nitrogens with one attached hydrogen (secondary N) is 1. The van der Waals surface area contributed by atoms with E-state index in [-0.39, 0.29) is 23.8 Å². The van der Waals surface area contributed by atoms with Crippen molar-refractivity contribution < 1.29 is 18.5 Å². The van der Waals surface area contributed by atoms with Gasteiger partial charge in [0.05, 0.1) is 17.9 Å². The molecule has 6 heteroatoms. The fourth-order valence-electron chi connectivity index (χ4n) is 3.18. The first kappa shape index (κ1) is 22.8. The Hall–Kier alpha value is -2.47. The lowest BCUT2D eigenvalue weighted by atomic mass is 9.87. The second-order valence-electron chi connectivity index (χ2n) is 7.37. The molecule has 0 saturated heterocycles. The number of benzene rings is 2. The molecule has 1 amide bonds. The van der Waals surface area contributed by atoms with Crippen molar-refractivity contribution in [1.29, 1.82) is 0 Å². The third kappa shape index (κ3) is 7.13. The van der Waals surface area contributed by atoms with Crippen LogP contribution in [0.4, 0.5) is 0 Å². The Kier molecular flexibility index (Phi) is 9.06. The van der Waals surface area contributed by atoms with Crippen LogP contribution in [0.2, 0.25) is 0 Å². The molecule has 0 fully saturated rings. The molecule has 5 nitrogen and oxygen atoms in total. The van der Waals surface area contributed by atoms with E-state index in [0.717, 1.165) is 11.2 Å². The van der Waals surface area contributed by atoms with Gasteiger partial charge in [0.15, 0.2) is 0 Å². The molecule has 0 aliphatic carbocycles. The van der Waals surface area contributed by atoms with Gasteiger partial charge >= 0.3 is 0 Å². The highest BCUT2D eigenvalue weighted by atomic mass is 32.2. The summed E-state index contributed by atoms with van der Waals surface area (Å²) in [6, 6.07) is 15.8. The second-order valence-corrected chi connectivity index (χ2v) is 8.87. The third-order valence-electron chi connectivity index (χ3n) is 4.95. The maximum Gasteiger partial charge on any atom is 0.251 e. The summed E-state index contributed by atoms with van der Waals surface area (Å²) in [5.74, 6) is 1.04. The van der Waals surface area contributed by atoms with Crippen LogP contribution in [0.5, 0.6) is 5.75 Å². The second kappa shape index (κ2) is 11.5. The molecule has 3 atom stereocenters. The van der Waals surface area contributed by atoms with Crippen molar-refractivity contribution in [3.63, 3.8) is 0 Å². The summed E-state index contributed by atoms with van der Waals surface area (Å²) in [6.45, 7) is 4.12. The van der Waals surface area contributed by atoms with Crippen LogP contribution in [-0.2, 0) is 15.6 Å². The highest BCUT2D eigenvalue weighted by Crippen LogP contribution is 2.22. The predicted molar refractivity (Wildman–Crippen MR) is 116 cm³/mol. The minimum absolute atomic E-state index is 0.107. The fourth-order valence-corrected chi connectivity index (χ4v) is 4.42. The van der Waals surface area contributed by atoms with E-state index in [2.05, 4.69) is 19.2 Å². The Labute approximate surface area is 175 Å². The van der Waals surface area contributed by atoms with Gasteiger partial charge in [0.25, 0.3) is 5.91 Å². The van der Waals surface area contributed by atoms with Gasteiger partial charge in [-0.1, -0.05) is 38.1 Å². The Morgan fingerprint density at radius 3 is 2.48 bits per heavy atom. The lowest BCUT2D eigenvalue weighted by Crippen LogP contribution is -2.40. The molecule has 2 aromatic rings. The highest BCUT2D eigenvalue weighted by Gasteiger charge is 2.23. The molecular weight excluding hydrogens is 386 g/mol. The Morgan fingerprint density at radius 2 is 1.86 bits per heavy atom. The van der Waals surface area contributed by atoms with Crippen LogP contribution in [0.3, 0.4) is 0 Å². The number of hydrogen-bond acceptors (Lipinski definition) is 4. The van der Waals surface area contributed by atoms with E-state index in [0.29, 0.717) is 29.9 Å². The minimum atomic E-state index is -1.25. The molecule has 0 aromatic heterocycles. The topological polar surface area (TPSA) is 72.5 Å². The first-order valence-corrected chi connectivity index (χ1v) is 11.1. The van der Waals surface area contributed by atoms with Gasteiger partial charge in [-0.15, -0.1) is 0 Å². The molecule has 0 bridgehead atoms. The van der Waals surface area contributed by atoms with Gasteiger partial charge in [-0.3, -0.25) is 9.00 Å². The van der Waals surface area contributed by atoms with E-state index in [4.69, 9.17) is 4.74 Å². The van der Waals surface area contributed by atoms with Crippen molar-refractivity contribution in [2.75, 3.05) is 12.9 Å². The average molecular weight is 416 g/mol. The van der Waals surface area contributed by atoms with Crippen LogP contribution in [0, 0.1) is 11.8 Å². The van der Waals surface area contributed by atoms with Gasteiger partial charge in [-0.25, -0.2) is 0 Å². The van der Waals surface area contributed by atoms with Gasteiger partial charge in [0.1, 0.15) is 12.0 Å². The molecular formula is C23H29NO4S. The van der Waals surface area contributed by atoms with Crippen LogP contribution in [0.15, 0.2) is 59.5 Å². The zero-order chi connectivity index (χ0) is 21.2. The van der Waals surface area contributed by atoms with Crippen molar-refractivity contribution in [3.8, 4) is 5.75 Å². The van der Waals surface area contributed by atoms with Crippen molar-refractivity contribution >= 4 is 23.0 Å². The lowest BCUT2D eigenvalue weighted by molar-refractivity contribution is -0.109. The van der Waals surface area contributed by atoms with Crippen LogP contribution >= 0.6 is 0 Å². The third-order valence-corrected chi connectivity index (χ3v) is 6.46. The zero-order valence-corrected chi connectivity index (χ0v) is 18.0. The van der Waals surface area contributed by atoms with Gasteiger partial charge in [-0.05, 0) is 48.6 Å². The SMILES string of the molecule is COc1cccc(C(=O)N[C@H](C[C@H](CC=O)C(C)C)CS(=O)c2ccccc2)c1. The quantitative estimate of drug-likeness (QED) is 0.566. The summed E-state index contributed by atoms with van der Waals surface area (Å²) in [5.41, 5.74) is 0.483. The van der Waals surface area contributed by atoms with Crippen molar-refractivity contribution in [2.45, 2.75) is 37.6 Å². The lowest BCUT2D eigenvalue weighted by Gasteiger charge is -2.26. The molecule has 0 saturated carbocycles. The molecule has 0 aliphatic rings. The van der Waals surface area contributed by atoms with Crippen LogP contribution < -0.4 is 10.1 Å². The number of methoxy groups -OCH3 is 1. The molecule has 1 N–H and O–H groups in total. The molecule has 0 spiro atoms. The summed E-state index contributed by atoms with van der Waals surface area (Å²) in [5, 5.41) is 3.03. The number of amides is 1. The van der Waals surface area contributed by atoms with E-state index in [1.807, 2.05) is 30.3 Å². The summed E-state index contributed by atoms with van der Waals surface area (Å²) < 4.78 is 18.0. The summed E-state index contributed by atoms with van der Waals surface area (Å²) in [6.07, 6.45) is 1.92.